The largest absolute Gasteiger partial charge is 0.455 e. The molecule has 5 rings (SSSR count). The minimum Gasteiger partial charge on any atom is -0.455 e. The lowest BCUT2D eigenvalue weighted by Gasteiger charge is -2.37. The molecule has 268 valence electrons. The third-order valence-electron chi connectivity index (χ3n) is 9.90. The van der Waals surface area contributed by atoms with Gasteiger partial charge >= 0.3 is 5.97 Å². The van der Waals surface area contributed by atoms with Gasteiger partial charge in [-0.05, 0) is 49.8 Å². The van der Waals surface area contributed by atoms with Crippen molar-refractivity contribution in [2.24, 2.45) is 11.8 Å². The van der Waals surface area contributed by atoms with E-state index in [-0.39, 0.29) is 45.1 Å². The van der Waals surface area contributed by atoms with Crippen molar-refractivity contribution in [1.29, 1.82) is 0 Å². The maximum Gasteiger partial charge on any atom is 0.313 e. The average Bonchev–Trinajstić information content (AvgIpc) is 3.75. The smallest absolute Gasteiger partial charge is 0.313 e. The van der Waals surface area contributed by atoms with Crippen molar-refractivity contribution < 1.29 is 38.5 Å². The second kappa shape index (κ2) is 16.3. The van der Waals surface area contributed by atoms with Crippen LogP contribution in [0, 0.1) is 18.8 Å². The number of ether oxygens (including phenoxy) is 3. The van der Waals surface area contributed by atoms with Crippen molar-refractivity contribution in [2.45, 2.75) is 68.9 Å². The minimum atomic E-state index is -1.31. The fraction of sp³-hybridized carbons (Fsp3) is 0.474. The lowest BCUT2D eigenvalue weighted by Crippen LogP contribution is -2.56. The molecule has 2 aromatic carbocycles. The third kappa shape index (κ3) is 7.10. The van der Waals surface area contributed by atoms with Gasteiger partial charge in [0, 0.05) is 33.2 Å². The predicted molar refractivity (Wildman–Crippen MR) is 188 cm³/mol. The zero-order valence-electron chi connectivity index (χ0n) is 28.6. The number of hydrogen-bond donors (Lipinski definition) is 2. The van der Waals surface area contributed by atoms with E-state index in [4.69, 9.17) is 25.8 Å². The van der Waals surface area contributed by atoms with Gasteiger partial charge in [0.25, 0.3) is 5.91 Å². The van der Waals surface area contributed by atoms with Crippen LogP contribution < -0.4 is 10.2 Å². The summed E-state index contributed by atoms with van der Waals surface area (Å²) in [6.07, 6.45) is 3.34. The van der Waals surface area contributed by atoms with Gasteiger partial charge in [-0.2, -0.15) is 0 Å². The second-order valence-electron chi connectivity index (χ2n) is 13.0. The number of nitrogens with zero attached hydrogens (tertiary/aromatic N) is 2. The lowest BCUT2D eigenvalue weighted by molar-refractivity contribution is -0.163. The Bertz CT molecular complexity index is 1570. The molecule has 0 aliphatic carbocycles. The first-order valence-corrected chi connectivity index (χ1v) is 17.4. The number of anilines is 1. The predicted octanol–water partition coefficient (Wildman–Crippen LogP) is 4.31. The quantitative estimate of drug-likeness (QED) is 0.184. The number of aryl methyl sites for hydroxylation is 1. The molecule has 0 aromatic heterocycles. The maximum atomic E-state index is 14.8. The summed E-state index contributed by atoms with van der Waals surface area (Å²) in [6, 6.07) is 12.6. The van der Waals surface area contributed by atoms with Gasteiger partial charge in [-0.25, -0.2) is 0 Å². The van der Waals surface area contributed by atoms with Crippen LogP contribution in [0.3, 0.4) is 0 Å². The van der Waals surface area contributed by atoms with Gasteiger partial charge in [-0.3, -0.25) is 19.2 Å². The number of para-hydroxylation sites is 1. The Kier molecular flexibility index (Phi) is 12.2. The first kappa shape index (κ1) is 37.2. The van der Waals surface area contributed by atoms with Gasteiger partial charge < -0.3 is 34.4 Å². The Morgan fingerprint density at radius 2 is 1.94 bits per heavy atom. The van der Waals surface area contributed by atoms with Gasteiger partial charge in [0.15, 0.2) is 0 Å². The Morgan fingerprint density at radius 3 is 2.60 bits per heavy atom. The molecule has 12 heteroatoms. The first-order chi connectivity index (χ1) is 24.1. The molecule has 3 aliphatic rings. The molecule has 2 N–H and O–H groups in total. The molecule has 3 heterocycles. The van der Waals surface area contributed by atoms with Crippen LogP contribution in [0.5, 0.6) is 0 Å². The van der Waals surface area contributed by atoms with Crippen LogP contribution >= 0.6 is 11.6 Å². The normalized spacial score (nSPS) is 24.7. The molecule has 1 spiro atoms. The van der Waals surface area contributed by atoms with E-state index >= 15 is 0 Å². The van der Waals surface area contributed by atoms with Gasteiger partial charge in [0.2, 0.25) is 11.8 Å². The van der Waals surface area contributed by atoms with Crippen LogP contribution in [0.2, 0.25) is 5.02 Å². The number of hydrogen-bond acceptors (Lipinski definition) is 8. The maximum absolute atomic E-state index is 14.8. The Morgan fingerprint density at radius 1 is 1.18 bits per heavy atom. The summed E-state index contributed by atoms with van der Waals surface area (Å²) in [7, 11) is 1.50. The highest BCUT2D eigenvalue weighted by Gasteiger charge is 2.75. The van der Waals surface area contributed by atoms with E-state index in [0.717, 1.165) is 5.56 Å². The van der Waals surface area contributed by atoms with Crippen LogP contribution in [0.15, 0.2) is 73.8 Å². The Hall–Kier alpha value is -4.03. The van der Waals surface area contributed by atoms with E-state index in [0.29, 0.717) is 35.5 Å². The van der Waals surface area contributed by atoms with E-state index in [1.807, 2.05) is 19.1 Å². The number of allylic oxidation sites excluding steroid dienone is 1. The molecule has 0 saturated carbocycles. The van der Waals surface area contributed by atoms with E-state index in [1.54, 1.807) is 48.6 Å². The number of rotatable bonds is 17. The summed E-state index contributed by atoms with van der Waals surface area (Å²) >= 11 is 6.64. The van der Waals surface area contributed by atoms with Crippen molar-refractivity contribution in [3.05, 3.63) is 90.0 Å². The number of likely N-dealkylation sites (tertiary alicyclic amines) is 1. The zero-order valence-corrected chi connectivity index (χ0v) is 29.3. The van der Waals surface area contributed by atoms with Crippen LogP contribution in [0.4, 0.5) is 5.69 Å². The van der Waals surface area contributed by atoms with E-state index in [2.05, 4.69) is 18.5 Å². The molecule has 0 unspecified atom stereocenters. The molecule has 0 radical (unpaired) electrons. The zero-order chi connectivity index (χ0) is 36.0. The summed E-state index contributed by atoms with van der Waals surface area (Å²) in [5.74, 6) is -3.74. The van der Waals surface area contributed by atoms with Crippen molar-refractivity contribution in [3.63, 3.8) is 0 Å². The first-order valence-electron chi connectivity index (χ1n) is 17.0. The molecule has 7 atom stereocenters. The number of carbonyl (C=O) groups excluding carboxylic acids is 4. The number of carbonyl (C=O) groups is 4. The molecular formula is C38H46ClN3O8. The number of fused-ring (bicyclic) bond motifs is 1. The highest BCUT2D eigenvalue weighted by molar-refractivity contribution is 6.34. The van der Waals surface area contributed by atoms with Crippen molar-refractivity contribution in [2.75, 3.05) is 38.3 Å². The minimum absolute atomic E-state index is 0.0513. The van der Waals surface area contributed by atoms with Crippen molar-refractivity contribution in [1.82, 2.24) is 10.2 Å². The van der Waals surface area contributed by atoms with Gasteiger partial charge in [0.1, 0.15) is 17.7 Å². The lowest BCUT2D eigenvalue weighted by atomic mass is 9.70. The van der Waals surface area contributed by atoms with Gasteiger partial charge in [-0.15, -0.1) is 13.2 Å². The summed E-state index contributed by atoms with van der Waals surface area (Å²) in [4.78, 5) is 59.4. The van der Waals surface area contributed by atoms with E-state index < -0.39 is 59.5 Å². The summed E-state index contributed by atoms with van der Waals surface area (Å²) in [6.45, 7) is 9.44. The molecule has 50 heavy (non-hydrogen) atoms. The highest BCUT2D eigenvalue weighted by Crippen LogP contribution is 2.59. The number of nitrogens with one attached hydrogen (secondary N) is 1. The molecule has 2 aromatic rings. The number of aliphatic hydroxyl groups is 1. The molecule has 2 bridgehead atoms. The topological polar surface area (TPSA) is 135 Å². The van der Waals surface area contributed by atoms with Crippen LogP contribution in [-0.2, 0) is 33.4 Å². The fourth-order valence-corrected chi connectivity index (χ4v) is 8.16. The van der Waals surface area contributed by atoms with Crippen LogP contribution in [0.25, 0.3) is 0 Å². The van der Waals surface area contributed by atoms with Gasteiger partial charge in [0.05, 0.1) is 41.3 Å². The summed E-state index contributed by atoms with van der Waals surface area (Å²) in [5.41, 5.74) is 0.595. The van der Waals surface area contributed by atoms with Crippen LogP contribution in [-0.4, -0.2) is 90.9 Å². The number of halogens is 1. The summed E-state index contributed by atoms with van der Waals surface area (Å²) < 4.78 is 18.3. The molecule has 11 nitrogen and oxygen atoms in total. The van der Waals surface area contributed by atoms with E-state index in [1.165, 1.54) is 16.9 Å². The second-order valence-corrected chi connectivity index (χ2v) is 13.4. The number of esters is 1. The Balaban J connectivity index is 1.50. The van der Waals surface area contributed by atoms with Crippen LogP contribution in [0.1, 0.15) is 49.3 Å². The molecule has 3 saturated heterocycles. The number of methoxy groups -OCH3 is 1. The molecule has 3 aliphatic heterocycles. The standard InChI is InChI=1S/C38H46ClN3O8/c1-5-7-17-29(44)40-27(23-48-4)33(25-14-9-8-10-15-25)49-37(47)30-28-18-19-38(50-28)31(30)35(45)42(21-12-22-43)34(38)36(46)41(20-6-2)32-24(3)13-11-16-26(32)39/h5-6,8-11,13-16,27-28,30-31,33-34,43H,1-2,7,12,17-23H2,3-4H3,(H,40,44)/t27-,28+,30-,31-,33-,34+,38-/m0/s1. The molecule has 3 fully saturated rings. The summed E-state index contributed by atoms with van der Waals surface area (Å²) in [5, 5.41) is 13.1. The number of benzene rings is 2. The van der Waals surface area contributed by atoms with Crippen molar-refractivity contribution in [3.8, 4) is 0 Å². The SMILES string of the molecule is C=CCCC(=O)N[C@@H](COC)[C@@H](OC(=O)[C@@H]1[C@H]2C(=O)N(CCCO)[C@H](C(=O)N(CC=C)c3c(C)cccc3Cl)[C@]23CC[C@H]1O3)c1ccccc1. The van der Waals surface area contributed by atoms with Gasteiger partial charge in [-0.1, -0.05) is 66.2 Å². The highest BCUT2D eigenvalue weighted by atomic mass is 35.5. The van der Waals surface area contributed by atoms with Crippen molar-refractivity contribution >= 4 is 41.0 Å². The monoisotopic (exact) mass is 707 g/mol. The average molecular weight is 708 g/mol. The fourth-order valence-electron chi connectivity index (χ4n) is 7.84. The molecular weight excluding hydrogens is 662 g/mol. The van der Waals surface area contributed by atoms with E-state index in [9.17, 15) is 24.3 Å². The Labute approximate surface area is 298 Å². The third-order valence-corrected chi connectivity index (χ3v) is 10.2. The number of aliphatic hydroxyl groups excluding tert-OH is 1. The number of amides is 3. The molecule has 3 amide bonds.